The summed E-state index contributed by atoms with van der Waals surface area (Å²) < 4.78 is 4.50. The van der Waals surface area contributed by atoms with Crippen LogP contribution in [0.3, 0.4) is 0 Å². The lowest BCUT2D eigenvalue weighted by atomic mass is 9.84. The predicted molar refractivity (Wildman–Crippen MR) is 216 cm³/mol. The molecule has 246 valence electrons. The number of fused-ring (bicyclic) bond motifs is 4. The van der Waals surface area contributed by atoms with Gasteiger partial charge in [-0.05, 0) is 123 Å². The van der Waals surface area contributed by atoms with E-state index in [-0.39, 0.29) is 0 Å². The molecule has 0 aliphatic carbocycles. The van der Waals surface area contributed by atoms with E-state index < -0.39 is 0 Å². The Morgan fingerprint density at radius 3 is 1.37 bits per heavy atom. The van der Waals surface area contributed by atoms with Crippen LogP contribution in [0.15, 0.2) is 170 Å². The molecule has 0 radical (unpaired) electrons. The van der Waals surface area contributed by atoms with Crippen molar-refractivity contribution in [2.75, 3.05) is 0 Å². The number of hydrogen-bond acceptors (Lipinski definition) is 2. The average Bonchev–Trinajstić information content (AvgIpc) is 3.72. The molecule has 2 heterocycles. The van der Waals surface area contributed by atoms with E-state index in [1.165, 1.54) is 54.9 Å². The molecule has 0 aliphatic rings. The quantitative estimate of drug-likeness (QED) is 0.171. The van der Waals surface area contributed by atoms with Crippen molar-refractivity contribution in [1.29, 1.82) is 0 Å². The molecule has 4 heteroatoms. The van der Waals surface area contributed by atoms with Crippen molar-refractivity contribution in [2.24, 2.45) is 0 Å². The molecule has 0 N–H and O–H groups in total. The van der Waals surface area contributed by atoms with E-state index in [0.717, 1.165) is 45.1 Å². The van der Waals surface area contributed by atoms with Crippen molar-refractivity contribution in [3.8, 4) is 44.8 Å². The fraction of sp³-hybridized carbons (Fsp3) is 0.0417. The van der Waals surface area contributed by atoms with Gasteiger partial charge in [-0.25, -0.2) is 9.97 Å². The zero-order valence-electron chi connectivity index (χ0n) is 29.0. The summed E-state index contributed by atoms with van der Waals surface area (Å²) in [6.45, 7) is 4.16. The van der Waals surface area contributed by atoms with Gasteiger partial charge in [0.1, 0.15) is 11.6 Å². The van der Waals surface area contributed by atoms with Crippen LogP contribution in [0.4, 0.5) is 0 Å². The Balaban J connectivity index is 1.22. The Labute approximate surface area is 301 Å². The van der Waals surface area contributed by atoms with Gasteiger partial charge in [-0.15, -0.1) is 0 Å². The van der Waals surface area contributed by atoms with E-state index in [0.29, 0.717) is 0 Å². The lowest BCUT2D eigenvalue weighted by molar-refractivity contribution is 1.00. The summed E-state index contributed by atoms with van der Waals surface area (Å²) in [5.74, 6) is 1.95. The first-order chi connectivity index (χ1) is 25.6. The summed E-state index contributed by atoms with van der Waals surface area (Å²) in [5.41, 5.74) is 13.7. The summed E-state index contributed by atoms with van der Waals surface area (Å²) in [5, 5.41) is 4.89. The zero-order valence-corrected chi connectivity index (χ0v) is 29.0. The number of aryl methyl sites for hydroxylation is 2. The first kappa shape index (κ1) is 30.1. The van der Waals surface area contributed by atoms with Crippen LogP contribution in [0.2, 0.25) is 0 Å². The predicted octanol–water partition coefficient (Wildman–Crippen LogP) is 12.3. The van der Waals surface area contributed by atoms with Gasteiger partial charge in [-0.1, -0.05) is 115 Å². The Hall–Kier alpha value is -6.78. The molecule has 0 saturated heterocycles. The van der Waals surface area contributed by atoms with Crippen LogP contribution in [0, 0.1) is 13.8 Å². The number of aromatic nitrogens is 4. The number of nitrogens with zero attached hydrogens (tertiary/aromatic N) is 4. The summed E-state index contributed by atoms with van der Waals surface area (Å²) in [6.07, 6.45) is 0. The van der Waals surface area contributed by atoms with Gasteiger partial charge in [0.05, 0.1) is 22.1 Å². The summed E-state index contributed by atoms with van der Waals surface area (Å²) in [6, 6.07) is 61.1. The van der Waals surface area contributed by atoms with Gasteiger partial charge >= 0.3 is 0 Å². The highest BCUT2D eigenvalue weighted by atomic mass is 15.1. The molecule has 0 aliphatic heterocycles. The van der Waals surface area contributed by atoms with Crippen LogP contribution in [0.25, 0.3) is 88.4 Å². The van der Waals surface area contributed by atoms with Gasteiger partial charge in [0.2, 0.25) is 0 Å². The summed E-state index contributed by atoms with van der Waals surface area (Å²) in [7, 11) is 0. The highest BCUT2D eigenvalue weighted by Gasteiger charge is 2.19. The van der Waals surface area contributed by atoms with Crippen molar-refractivity contribution in [3.05, 3.63) is 182 Å². The summed E-state index contributed by atoms with van der Waals surface area (Å²) >= 11 is 0. The van der Waals surface area contributed by atoms with E-state index in [1.807, 2.05) is 6.07 Å². The van der Waals surface area contributed by atoms with Gasteiger partial charge in [-0.3, -0.25) is 9.13 Å². The second-order valence-electron chi connectivity index (χ2n) is 13.5. The molecule has 10 rings (SSSR count). The maximum absolute atomic E-state index is 4.90. The molecule has 0 fully saturated rings. The number of hydrogen-bond donors (Lipinski definition) is 0. The second-order valence-corrected chi connectivity index (χ2v) is 13.5. The van der Waals surface area contributed by atoms with Crippen LogP contribution in [-0.4, -0.2) is 19.1 Å². The van der Waals surface area contributed by atoms with Gasteiger partial charge < -0.3 is 0 Å². The highest BCUT2D eigenvalue weighted by Crippen LogP contribution is 2.45. The smallest absolute Gasteiger partial charge is 0.111 e. The molecule has 0 unspecified atom stereocenters. The number of rotatable bonds is 5. The Morgan fingerprint density at radius 1 is 0.346 bits per heavy atom. The molecule has 2 aromatic heterocycles. The topological polar surface area (TPSA) is 35.6 Å². The van der Waals surface area contributed by atoms with E-state index in [4.69, 9.17) is 9.97 Å². The van der Waals surface area contributed by atoms with Gasteiger partial charge in [0, 0.05) is 11.4 Å². The first-order valence-corrected chi connectivity index (χ1v) is 17.8. The minimum Gasteiger partial charge on any atom is -0.297 e. The normalized spacial score (nSPS) is 11.7. The minimum absolute atomic E-state index is 0.970. The number of imidazole rings is 2. The second kappa shape index (κ2) is 11.9. The van der Waals surface area contributed by atoms with Crippen molar-refractivity contribution in [1.82, 2.24) is 19.1 Å². The number of para-hydroxylation sites is 4. The molecule has 52 heavy (non-hydrogen) atoms. The molecule has 0 spiro atoms. The van der Waals surface area contributed by atoms with Crippen LogP contribution in [0.1, 0.15) is 11.6 Å². The molecular formula is C48H34N4. The molecule has 0 bridgehead atoms. The Morgan fingerprint density at radius 2 is 0.788 bits per heavy atom. The lowest BCUT2D eigenvalue weighted by Crippen LogP contribution is -1.98. The monoisotopic (exact) mass is 666 g/mol. The first-order valence-electron chi connectivity index (χ1n) is 17.8. The van der Waals surface area contributed by atoms with Gasteiger partial charge in [0.25, 0.3) is 0 Å². The van der Waals surface area contributed by atoms with Crippen LogP contribution >= 0.6 is 0 Å². The van der Waals surface area contributed by atoms with Gasteiger partial charge in [0.15, 0.2) is 0 Å². The average molecular weight is 667 g/mol. The molecule has 0 atom stereocenters. The van der Waals surface area contributed by atoms with E-state index in [2.05, 4.69) is 187 Å². The van der Waals surface area contributed by atoms with Crippen molar-refractivity contribution >= 4 is 43.6 Å². The SMILES string of the molecule is Cc1nc2ccccc2n1-c1ccc(-c2ccc3c(-c4ccccc4)c4cc(-n5c(C)nc6ccccc65)ccc4c(-c4ccccc4)c3c2)cc1. The fourth-order valence-electron chi connectivity index (χ4n) is 8.11. The van der Waals surface area contributed by atoms with E-state index in [1.54, 1.807) is 0 Å². The maximum Gasteiger partial charge on any atom is 0.111 e. The lowest BCUT2D eigenvalue weighted by Gasteiger charge is -2.20. The van der Waals surface area contributed by atoms with E-state index >= 15 is 0 Å². The Bertz CT molecular complexity index is 2950. The van der Waals surface area contributed by atoms with Crippen LogP contribution < -0.4 is 0 Å². The van der Waals surface area contributed by atoms with E-state index in [9.17, 15) is 0 Å². The molecule has 10 aromatic rings. The molecule has 0 saturated carbocycles. The largest absolute Gasteiger partial charge is 0.297 e. The minimum atomic E-state index is 0.970. The van der Waals surface area contributed by atoms with Crippen molar-refractivity contribution in [3.63, 3.8) is 0 Å². The van der Waals surface area contributed by atoms with Crippen molar-refractivity contribution in [2.45, 2.75) is 13.8 Å². The fourth-order valence-corrected chi connectivity index (χ4v) is 8.11. The maximum atomic E-state index is 4.90. The third-order valence-electron chi connectivity index (χ3n) is 10.4. The Kier molecular flexibility index (Phi) is 6.90. The van der Waals surface area contributed by atoms with Crippen molar-refractivity contribution < 1.29 is 0 Å². The van der Waals surface area contributed by atoms with Crippen LogP contribution in [0.5, 0.6) is 0 Å². The molecule has 0 amide bonds. The standard InChI is InChI=1S/C48H34N4/c1-31-49-43-17-9-11-19-45(43)51(31)37-24-21-33(22-25-37)36-23-27-39-41(29-36)47(34-13-5-3-6-14-34)40-28-26-38(30-42(40)48(39)35-15-7-4-8-16-35)52-32(2)50-44-18-10-12-20-46(44)52/h3-30H,1-2H3. The third-order valence-corrected chi connectivity index (χ3v) is 10.4. The summed E-state index contributed by atoms with van der Waals surface area (Å²) in [4.78, 5) is 9.70. The van der Waals surface area contributed by atoms with Crippen LogP contribution in [-0.2, 0) is 0 Å². The molecular weight excluding hydrogens is 633 g/mol. The molecule has 4 nitrogen and oxygen atoms in total. The zero-order chi connectivity index (χ0) is 34.8. The molecule has 8 aromatic carbocycles. The third kappa shape index (κ3) is 4.76. The number of benzene rings is 8. The van der Waals surface area contributed by atoms with Gasteiger partial charge in [-0.2, -0.15) is 0 Å². The highest BCUT2D eigenvalue weighted by molar-refractivity contribution is 6.22.